The van der Waals surface area contributed by atoms with Crippen LogP contribution in [0, 0.1) is 0 Å². The molecule has 7 nitrogen and oxygen atoms in total. The molecule has 0 aromatic heterocycles. The summed E-state index contributed by atoms with van der Waals surface area (Å²) in [6.45, 7) is 0.360. The van der Waals surface area contributed by atoms with Crippen molar-refractivity contribution in [3.8, 4) is 11.5 Å². The average molecular weight is 542 g/mol. The van der Waals surface area contributed by atoms with Gasteiger partial charge in [0, 0.05) is 15.1 Å². The topological polar surface area (TPSA) is 84.9 Å². The van der Waals surface area contributed by atoms with Gasteiger partial charge < -0.3 is 9.47 Å². The number of methoxy groups -OCH3 is 1. The van der Waals surface area contributed by atoms with Crippen molar-refractivity contribution in [3.63, 3.8) is 0 Å². The number of hydrogen-bond donors (Lipinski definition) is 1. The molecule has 1 aliphatic heterocycles. The Morgan fingerprint density at radius 2 is 1.71 bits per heavy atom. The summed E-state index contributed by atoms with van der Waals surface area (Å²) in [4.78, 5) is 38.9. The quantitative estimate of drug-likeness (QED) is 0.336. The molecular weight excluding hydrogens is 524 g/mol. The minimum Gasteiger partial charge on any atom is -0.496 e. The van der Waals surface area contributed by atoms with Gasteiger partial charge in [0.25, 0.3) is 11.8 Å². The molecule has 4 rings (SSSR count). The van der Waals surface area contributed by atoms with Gasteiger partial charge in [0.1, 0.15) is 23.7 Å². The first-order chi connectivity index (χ1) is 16.4. The number of nitrogens with one attached hydrogen (secondary N) is 1. The molecule has 0 bridgehead atoms. The molecule has 1 aliphatic rings. The van der Waals surface area contributed by atoms with Crippen LogP contribution in [0.4, 0.5) is 10.5 Å². The van der Waals surface area contributed by atoms with E-state index in [1.165, 1.54) is 13.2 Å². The highest BCUT2D eigenvalue weighted by Crippen LogP contribution is 2.28. The van der Waals surface area contributed by atoms with Crippen LogP contribution in [0.25, 0.3) is 6.08 Å². The van der Waals surface area contributed by atoms with Crippen molar-refractivity contribution < 1.29 is 23.9 Å². The van der Waals surface area contributed by atoms with E-state index in [-0.39, 0.29) is 11.3 Å². The molecule has 3 aromatic rings. The van der Waals surface area contributed by atoms with Gasteiger partial charge in [0.05, 0.1) is 12.8 Å². The molecule has 34 heavy (non-hydrogen) atoms. The first-order valence-corrected chi connectivity index (χ1v) is 11.2. The van der Waals surface area contributed by atoms with Crippen molar-refractivity contribution in [1.29, 1.82) is 0 Å². The number of urea groups is 1. The Balaban J connectivity index is 1.56. The third-order valence-corrected chi connectivity index (χ3v) is 5.77. The normalized spacial score (nSPS) is 14.9. The van der Waals surface area contributed by atoms with Crippen LogP contribution in [0.3, 0.4) is 0 Å². The Morgan fingerprint density at radius 1 is 1.00 bits per heavy atom. The van der Waals surface area contributed by atoms with Crippen LogP contribution >= 0.6 is 27.5 Å². The molecule has 1 fully saturated rings. The van der Waals surface area contributed by atoms with E-state index in [0.29, 0.717) is 28.7 Å². The first-order valence-electron chi connectivity index (χ1n) is 10.1. The molecule has 1 heterocycles. The molecule has 0 atom stereocenters. The van der Waals surface area contributed by atoms with E-state index in [0.717, 1.165) is 14.9 Å². The van der Waals surface area contributed by atoms with E-state index in [9.17, 15) is 14.4 Å². The number of halogens is 2. The van der Waals surface area contributed by atoms with Gasteiger partial charge in [-0.3, -0.25) is 14.9 Å². The van der Waals surface area contributed by atoms with E-state index in [2.05, 4.69) is 21.2 Å². The summed E-state index contributed by atoms with van der Waals surface area (Å²) in [6, 6.07) is 18.1. The zero-order valence-electron chi connectivity index (χ0n) is 17.9. The number of ether oxygens (including phenoxy) is 2. The van der Waals surface area contributed by atoms with Crippen LogP contribution in [0.15, 0.2) is 76.8 Å². The summed E-state index contributed by atoms with van der Waals surface area (Å²) < 4.78 is 12.0. The largest absolute Gasteiger partial charge is 0.496 e. The predicted octanol–water partition coefficient (Wildman–Crippen LogP) is 5.36. The monoisotopic (exact) mass is 540 g/mol. The van der Waals surface area contributed by atoms with Crippen LogP contribution in [0.2, 0.25) is 5.02 Å². The number of barbiturate groups is 1. The number of rotatable bonds is 6. The zero-order valence-corrected chi connectivity index (χ0v) is 20.2. The standard InChI is InChI=1S/C25H18BrClN2O5/c1-33-22-11-6-18(27)12-16(22)13-21-23(30)28-25(32)29(24(21)31)19-7-9-20(10-8-19)34-14-15-2-4-17(26)5-3-15/h2-13H,14H2,1H3,(H,28,30,32)/b21-13+. The first kappa shape index (κ1) is 23.5. The third kappa shape index (κ3) is 5.13. The second-order valence-corrected chi connectivity index (χ2v) is 8.61. The summed E-state index contributed by atoms with van der Waals surface area (Å²) in [7, 11) is 1.46. The lowest BCUT2D eigenvalue weighted by Crippen LogP contribution is -2.54. The molecule has 9 heteroatoms. The number of benzene rings is 3. The second-order valence-electron chi connectivity index (χ2n) is 7.25. The van der Waals surface area contributed by atoms with Gasteiger partial charge in [0.15, 0.2) is 0 Å². The predicted molar refractivity (Wildman–Crippen MR) is 132 cm³/mol. The summed E-state index contributed by atoms with van der Waals surface area (Å²) in [5.41, 5.74) is 1.48. The second kappa shape index (κ2) is 10.1. The highest BCUT2D eigenvalue weighted by atomic mass is 79.9. The molecule has 4 amide bonds. The molecule has 0 radical (unpaired) electrons. The number of amides is 4. The van der Waals surface area contributed by atoms with Crippen LogP contribution < -0.4 is 19.7 Å². The number of anilines is 1. The van der Waals surface area contributed by atoms with Gasteiger partial charge in [-0.05, 0) is 66.2 Å². The molecule has 0 spiro atoms. The van der Waals surface area contributed by atoms with Crippen molar-refractivity contribution in [2.75, 3.05) is 12.0 Å². The maximum atomic E-state index is 13.1. The minimum atomic E-state index is -0.839. The maximum absolute atomic E-state index is 13.1. The lowest BCUT2D eigenvalue weighted by Gasteiger charge is -2.26. The summed E-state index contributed by atoms with van der Waals surface area (Å²) in [5, 5.41) is 2.60. The Kier molecular flexibility index (Phi) is 7.00. The Hall–Kier alpha value is -3.62. The molecular formula is C25H18BrClN2O5. The summed E-state index contributed by atoms with van der Waals surface area (Å²) in [5.74, 6) is -0.581. The third-order valence-electron chi connectivity index (χ3n) is 5.01. The highest BCUT2D eigenvalue weighted by molar-refractivity contribution is 9.10. The molecule has 1 saturated heterocycles. The fourth-order valence-electron chi connectivity index (χ4n) is 3.30. The molecule has 1 N–H and O–H groups in total. The number of nitrogens with zero attached hydrogens (tertiary/aromatic N) is 1. The molecule has 172 valence electrons. The fourth-order valence-corrected chi connectivity index (χ4v) is 3.75. The Morgan fingerprint density at radius 3 is 2.38 bits per heavy atom. The highest BCUT2D eigenvalue weighted by Gasteiger charge is 2.37. The maximum Gasteiger partial charge on any atom is 0.335 e. The molecule has 0 aliphatic carbocycles. The smallest absolute Gasteiger partial charge is 0.335 e. The minimum absolute atomic E-state index is 0.226. The van der Waals surface area contributed by atoms with Crippen LogP contribution in [0.1, 0.15) is 11.1 Å². The van der Waals surface area contributed by atoms with E-state index < -0.39 is 17.8 Å². The lowest BCUT2D eigenvalue weighted by atomic mass is 10.1. The number of carbonyl (C=O) groups is 3. The van der Waals surface area contributed by atoms with E-state index in [1.807, 2.05) is 24.3 Å². The number of imide groups is 2. The van der Waals surface area contributed by atoms with Crippen molar-refractivity contribution >= 4 is 57.1 Å². The van der Waals surface area contributed by atoms with Gasteiger partial charge in [0.2, 0.25) is 0 Å². The van der Waals surface area contributed by atoms with Crippen LogP contribution in [0.5, 0.6) is 11.5 Å². The van der Waals surface area contributed by atoms with Crippen molar-refractivity contribution in [3.05, 3.63) is 92.9 Å². The zero-order chi connectivity index (χ0) is 24.2. The lowest BCUT2D eigenvalue weighted by molar-refractivity contribution is -0.122. The van der Waals surface area contributed by atoms with Crippen molar-refractivity contribution in [2.24, 2.45) is 0 Å². The van der Waals surface area contributed by atoms with Crippen LogP contribution in [-0.4, -0.2) is 25.0 Å². The summed E-state index contributed by atoms with van der Waals surface area (Å²) >= 11 is 9.44. The van der Waals surface area contributed by atoms with Crippen molar-refractivity contribution in [1.82, 2.24) is 5.32 Å². The molecule has 0 unspecified atom stereocenters. The Labute approximate surface area is 209 Å². The summed E-state index contributed by atoms with van der Waals surface area (Å²) in [6.07, 6.45) is 1.34. The van der Waals surface area contributed by atoms with Gasteiger partial charge in [-0.1, -0.05) is 39.7 Å². The SMILES string of the molecule is COc1ccc(Cl)cc1/C=C1\C(=O)NC(=O)N(c2ccc(OCc3ccc(Br)cc3)cc2)C1=O. The molecule has 0 saturated carbocycles. The molecule has 3 aromatic carbocycles. The van der Waals surface area contributed by atoms with Gasteiger partial charge >= 0.3 is 6.03 Å². The van der Waals surface area contributed by atoms with Crippen molar-refractivity contribution in [2.45, 2.75) is 6.61 Å². The van der Waals surface area contributed by atoms with Crippen LogP contribution in [-0.2, 0) is 16.2 Å². The van der Waals surface area contributed by atoms with E-state index in [1.54, 1.807) is 42.5 Å². The van der Waals surface area contributed by atoms with Gasteiger partial charge in [-0.15, -0.1) is 0 Å². The number of hydrogen-bond acceptors (Lipinski definition) is 5. The van der Waals surface area contributed by atoms with E-state index >= 15 is 0 Å². The Bertz CT molecular complexity index is 1290. The van der Waals surface area contributed by atoms with Gasteiger partial charge in [-0.2, -0.15) is 0 Å². The van der Waals surface area contributed by atoms with E-state index in [4.69, 9.17) is 21.1 Å². The fraction of sp³-hybridized carbons (Fsp3) is 0.0800. The van der Waals surface area contributed by atoms with Gasteiger partial charge in [-0.25, -0.2) is 9.69 Å². The average Bonchev–Trinajstić information content (AvgIpc) is 2.82. The number of carbonyl (C=O) groups excluding carboxylic acids is 3.